The van der Waals surface area contributed by atoms with Gasteiger partial charge in [0, 0.05) is 73.2 Å². The Kier molecular flexibility index (Phi) is 17.7. The highest BCUT2D eigenvalue weighted by atomic mass is 32.2. The first-order chi connectivity index (χ1) is 36.0. The van der Waals surface area contributed by atoms with E-state index < -0.39 is 62.8 Å². The predicted octanol–water partition coefficient (Wildman–Crippen LogP) is 7.06. The summed E-state index contributed by atoms with van der Waals surface area (Å²) in [5.41, 5.74) is 6.47. The third-order valence-electron chi connectivity index (χ3n) is 15.0. The van der Waals surface area contributed by atoms with Crippen LogP contribution in [0.3, 0.4) is 0 Å². The Morgan fingerprint density at radius 3 is 1.92 bits per heavy atom. The molecule has 1 aliphatic carbocycles. The van der Waals surface area contributed by atoms with E-state index in [0.717, 1.165) is 39.2 Å². The van der Waals surface area contributed by atoms with Gasteiger partial charge in [-0.1, -0.05) is 36.4 Å². The number of fused-ring (bicyclic) bond motifs is 2. The monoisotopic (exact) mass is 1140 g/mol. The standard InChI is InChI=1S/C54H64N4O15S4/c1-53(29-8-33-74(62,63)64)43-35-41(76(68,69)70)21-23-45(43)56(3)47(53)25-19-38-12-7-13-39(20-26-48-54(2,30-9-34-75(65,66)67)44-36-42(77(71,72)73)22-24-46(44)57(48)4)52(38)40-17-15-37(16-18-40)11-5-6-14-49(59)55-31-10-32-58-50(60)27-28-51(58)61/h15-28,35-36H,5-14,29-34H2,1-4H3,(H4-,55,59,62,63,64,65,66,67,68,69,70,71,72,73)/p+1. The third-order valence-corrected chi connectivity index (χ3v) is 18.3. The number of unbranched alkanes of at least 4 members (excludes halogenated alkanes) is 1. The molecule has 77 heavy (non-hydrogen) atoms. The maximum absolute atomic E-state index is 12.6. The van der Waals surface area contributed by atoms with E-state index in [1.807, 2.05) is 86.0 Å². The van der Waals surface area contributed by atoms with Crippen LogP contribution in [-0.2, 0) is 72.1 Å². The Balaban J connectivity index is 1.23. The minimum absolute atomic E-state index is 0.0284. The van der Waals surface area contributed by atoms with Gasteiger partial charge in [0.1, 0.15) is 7.05 Å². The summed E-state index contributed by atoms with van der Waals surface area (Å²) in [4.78, 5) is 38.6. The zero-order chi connectivity index (χ0) is 56.3. The minimum atomic E-state index is -4.61. The van der Waals surface area contributed by atoms with Crippen LogP contribution >= 0.6 is 0 Å². The topological polar surface area (TPSA) is 290 Å². The summed E-state index contributed by atoms with van der Waals surface area (Å²) in [7, 11) is -14.3. The Hall–Kier alpha value is -5.92. The molecule has 0 bridgehead atoms. The van der Waals surface area contributed by atoms with Gasteiger partial charge in [0.2, 0.25) is 11.6 Å². The van der Waals surface area contributed by atoms with Crippen LogP contribution in [0.4, 0.5) is 11.4 Å². The summed E-state index contributed by atoms with van der Waals surface area (Å²) in [6.07, 6.45) is 15.4. The molecule has 3 aliphatic heterocycles. The van der Waals surface area contributed by atoms with Crippen LogP contribution in [0.25, 0.3) is 5.57 Å². The maximum Gasteiger partial charge on any atom is 0.294 e. The van der Waals surface area contributed by atoms with Gasteiger partial charge in [0.05, 0.1) is 26.7 Å². The normalized spacial score (nSPS) is 21.1. The first-order valence-electron chi connectivity index (χ1n) is 25.2. The fraction of sp³-hybridized carbons (Fsp3) is 0.407. The number of nitrogens with zero attached hydrogens (tertiary/aromatic N) is 3. The molecule has 19 nitrogen and oxygen atoms in total. The van der Waals surface area contributed by atoms with Crippen LogP contribution in [0.5, 0.6) is 0 Å². The van der Waals surface area contributed by atoms with E-state index in [2.05, 4.69) is 5.32 Å². The molecule has 414 valence electrons. The van der Waals surface area contributed by atoms with Crippen molar-refractivity contribution in [3.05, 3.63) is 136 Å². The number of hydrogen-bond acceptors (Lipinski definition) is 12. The molecule has 3 aromatic carbocycles. The Morgan fingerprint density at radius 1 is 0.714 bits per heavy atom. The molecule has 0 spiro atoms. The van der Waals surface area contributed by atoms with Crippen molar-refractivity contribution in [2.75, 3.05) is 43.6 Å². The van der Waals surface area contributed by atoms with E-state index in [-0.39, 0.29) is 59.7 Å². The number of benzene rings is 3. The van der Waals surface area contributed by atoms with Crippen LogP contribution in [0.15, 0.2) is 124 Å². The van der Waals surface area contributed by atoms with Gasteiger partial charge in [0.25, 0.3) is 52.3 Å². The lowest BCUT2D eigenvalue weighted by atomic mass is 9.75. The second-order valence-electron chi connectivity index (χ2n) is 20.4. The van der Waals surface area contributed by atoms with Crippen molar-refractivity contribution in [1.82, 2.24) is 10.2 Å². The maximum atomic E-state index is 12.6. The molecule has 3 heterocycles. The number of carbonyl (C=O) groups excluding carboxylic acids is 3. The molecule has 2 atom stereocenters. The molecule has 0 saturated carbocycles. The SMILES string of the molecule is CN1C(=C/C=C2\CCCC(/C=C/C3=[N+](C)c4ccc(S(=O)(=O)O)cc4C3(C)CCCS(=O)(=O)O)=C2c2ccc(CCCCC(=O)NCCCN3C(=O)C=CC3=O)cc2)C(C)(CCCS(=O)(=O)O)c2cc(S(=O)(=O)O)ccc21. The van der Waals surface area contributed by atoms with E-state index in [1.165, 1.54) is 36.4 Å². The number of nitrogens with one attached hydrogen (secondary N) is 1. The predicted molar refractivity (Wildman–Crippen MR) is 291 cm³/mol. The molecule has 4 aliphatic rings. The van der Waals surface area contributed by atoms with Crippen molar-refractivity contribution in [3.8, 4) is 0 Å². The number of allylic oxidation sites excluding steroid dienone is 8. The molecule has 2 unspecified atom stereocenters. The molecule has 0 saturated heterocycles. The summed E-state index contributed by atoms with van der Waals surface area (Å²) >= 11 is 0. The van der Waals surface area contributed by atoms with Gasteiger partial charge in [-0.15, -0.1) is 0 Å². The summed E-state index contributed by atoms with van der Waals surface area (Å²) in [5.74, 6) is -1.92. The number of rotatable bonds is 23. The zero-order valence-electron chi connectivity index (χ0n) is 43.3. The Morgan fingerprint density at radius 2 is 1.31 bits per heavy atom. The average molecular weight is 1140 g/mol. The van der Waals surface area contributed by atoms with Crippen LogP contribution in [0.1, 0.15) is 107 Å². The minimum Gasteiger partial charge on any atom is -0.356 e. The molecule has 23 heteroatoms. The van der Waals surface area contributed by atoms with E-state index >= 15 is 0 Å². The number of imide groups is 1. The number of anilines is 1. The van der Waals surface area contributed by atoms with E-state index in [9.17, 15) is 66.3 Å². The van der Waals surface area contributed by atoms with Crippen molar-refractivity contribution < 1.29 is 70.8 Å². The smallest absolute Gasteiger partial charge is 0.294 e. The van der Waals surface area contributed by atoms with Crippen molar-refractivity contribution >= 4 is 80.9 Å². The first-order valence-corrected chi connectivity index (χ1v) is 31.3. The molecule has 7 rings (SSSR count). The van der Waals surface area contributed by atoms with E-state index in [1.54, 1.807) is 12.1 Å². The number of hydrogen-bond donors (Lipinski definition) is 5. The lowest BCUT2D eigenvalue weighted by molar-refractivity contribution is -0.401. The summed E-state index contributed by atoms with van der Waals surface area (Å²) in [6.45, 7) is 4.26. The van der Waals surface area contributed by atoms with Crippen LogP contribution in [0, 0.1) is 0 Å². The van der Waals surface area contributed by atoms with Gasteiger partial charge < -0.3 is 10.2 Å². The van der Waals surface area contributed by atoms with Gasteiger partial charge in [-0.25, -0.2) is 0 Å². The molecule has 0 fully saturated rings. The second kappa shape index (κ2) is 23.2. The van der Waals surface area contributed by atoms with Crippen LogP contribution in [-0.4, -0.2) is 123 Å². The van der Waals surface area contributed by atoms with E-state index in [0.29, 0.717) is 85.4 Å². The molecule has 3 aromatic rings. The largest absolute Gasteiger partial charge is 0.356 e. The van der Waals surface area contributed by atoms with Gasteiger partial charge in [0.15, 0.2) is 5.71 Å². The Bertz CT molecular complexity index is 3510. The fourth-order valence-electron chi connectivity index (χ4n) is 11.1. The molecule has 0 aromatic heterocycles. The zero-order valence-corrected chi connectivity index (χ0v) is 46.6. The second-order valence-corrected chi connectivity index (χ2v) is 26.3. The molecule has 0 radical (unpaired) electrons. The Labute approximate surface area is 450 Å². The fourth-order valence-corrected chi connectivity index (χ4v) is 13.1. The summed E-state index contributed by atoms with van der Waals surface area (Å²) < 4.78 is 138. The molecular weight excluding hydrogens is 1070 g/mol. The molecule has 3 amide bonds. The van der Waals surface area contributed by atoms with Crippen molar-refractivity contribution in [2.24, 2.45) is 0 Å². The lowest BCUT2D eigenvalue weighted by Gasteiger charge is -2.29. The van der Waals surface area contributed by atoms with Gasteiger partial charge >= 0.3 is 0 Å². The van der Waals surface area contributed by atoms with Crippen LogP contribution in [0.2, 0.25) is 0 Å². The van der Waals surface area contributed by atoms with Gasteiger partial charge in [-0.3, -0.25) is 37.5 Å². The highest BCUT2D eigenvalue weighted by molar-refractivity contribution is 7.86. The van der Waals surface area contributed by atoms with Gasteiger partial charge in [-0.2, -0.15) is 38.2 Å². The quantitative estimate of drug-likeness (QED) is 0.0275. The first kappa shape index (κ1) is 58.8. The average Bonchev–Trinajstić information content (AvgIpc) is 3.97. The van der Waals surface area contributed by atoms with Crippen molar-refractivity contribution in [3.63, 3.8) is 0 Å². The van der Waals surface area contributed by atoms with E-state index in [4.69, 9.17) is 0 Å². The highest BCUT2D eigenvalue weighted by Gasteiger charge is 2.47. The lowest BCUT2D eigenvalue weighted by Crippen LogP contribution is -2.33. The number of amides is 3. The number of carbonyl (C=O) groups is 3. The molecular formula is C54H65N4O15S4+. The third kappa shape index (κ3) is 13.9. The van der Waals surface area contributed by atoms with Crippen molar-refractivity contribution in [2.45, 2.75) is 112 Å². The number of likely N-dealkylation sites (N-methyl/N-ethyl adjacent to an activating group) is 1. The highest BCUT2D eigenvalue weighted by Crippen LogP contribution is 2.51. The van der Waals surface area contributed by atoms with Crippen LogP contribution < -0.4 is 10.2 Å². The van der Waals surface area contributed by atoms with Crippen molar-refractivity contribution in [1.29, 1.82) is 0 Å². The summed E-state index contributed by atoms with van der Waals surface area (Å²) in [6, 6.07) is 16.6. The number of aryl methyl sites for hydroxylation is 1. The van der Waals surface area contributed by atoms with Gasteiger partial charge in [-0.05, 0) is 154 Å². The summed E-state index contributed by atoms with van der Waals surface area (Å²) in [5, 5.41) is 2.85. The molecule has 5 N–H and O–H groups in total.